The highest BCUT2D eigenvalue weighted by molar-refractivity contribution is 7.90. The van der Waals surface area contributed by atoms with Gasteiger partial charge in [0.1, 0.15) is 0 Å². The number of hydrogen-bond donors (Lipinski definition) is 2. The molecule has 30 heavy (non-hydrogen) atoms. The zero-order valence-corrected chi connectivity index (χ0v) is 18.9. The van der Waals surface area contributed by atoms with Crippen LogP contribution in [0, 0.1) is 5.92 Å². The molecule has 7 nitrogen and oxygen atoms in total. The molecule has 0 unspecified atom stereocenters. The van der Waals surface area contributed by atoms with Crippen LogP contribution in [0.5, 0.6) is 0 Å². The minimum Gasteiger partial charge on any atom is -0.326 e. The van der Waals surface area contributed by atoms with Crippen LogP contribution in [0.1, 0.15) is 65.7 Å². The van der Waals surface area contributed by atoms with E-state index in [4.69, 9.17) is 0 Å². The predicted octanol–water partition coefficient (Wildman–Crippen LogP) is 3.42. The molecule has 1 aromatic carbocycles. The summed E-state index contributed by atoms with van der Waals surface area (Å²) in [5.74, 6) is -0.00505. The molecular formula is C22H33N3O4S. The van der Waals surface area contributed by atoms with E-state index in [2.05, 4.69) is 10.0 Å². The van der Waals surface area contributed by atoms with Crippen molar-refractivity contribution in [1.82, 2.24) is 4.72 Å². The van der Waals surface area contributed by atoms with Crippen molar-refractivity contribution in [3.63, 3.8) is 0 Å². The van der Waals surface area contributed by atoms with E-state index in [1.165, 1.54) is 0 Å². The molecule has 0 bridgehead atoms. The number of carbonyl (C=O) groups excluding carboxylic acids is 2. The molecule has 1 aliphatic heterocycles. The molecular weight excluding hydrogens is 402 g/mol. The molecule has 1 saturated carbocycles. The first-order chi connectivity index (χ1) is 14.1. The molecule has 1 saturated heterocycles. The van der Waals surface area contributed by atoms with E-state index >= 15 is 0 Å². The quantitative estimate of drug-likeness (QED) is 0.741. The van der Waals surface area contributed by atoms with Gasteiger partial charge >= 0.3 is 0 Å². The molecule has 0 aromatic heterocycles. The average molecular weight is 436 g/mol. The highest BCUT2D eigenvalue weighted by Gasteiger charge is 2.34. The van der Waals surface area contributed by atoms with Gasteiger partial charge in [0, 0.05) is 36.3 Å². The maximum absolute atomic E-state index is 12.6. The summed E-state index contributed by atoms with van der Waals surface area (Å²) in [6.07, 6.45) is 5.18. The molecule has 1 aliphatic carbocycles. The maximum atomic E-state index is 12.6. The molecule has 1 heterocycles. The van der Waals surface area contributed by atoms with Gasteiger partial charge in [-0.25, -0.2) is 13.1 Å². The topological polar surface area (TPSA) is 95.6 Å². The van der Waals surface area contributed by atoms with E-state index in [1.807, 2.05) is 24.3 Å². The van der Waals surface area contributed by atoms with Crippen LogP contribution in [0.2, 0.25) is 0 Å². The lowest BCUT2D eigenvalue weighted by Crippen LogP contribution is -2.46. The Morgan fingerprint density at radius 3 is 2.23 bits per heavy atom. The number of rotatable bonds is 5. The molecule has 2 aliphatic rings. The number of piperidine rings is 1. The number of amides is 2. The van der Waals surface area contributed by atoms with Crippen molar-refractivity contribution in [2.75, 3.05) is 16.8 Å². The van der Waals surface area contributed by atoms with Crippen molar-refractivity contribution in [3.05, 3.63) is 24.3 Å². The van der Waals surface area contributed by atoms with Crippen LogP contribution >= 0.6 is 0 Å². The normalized spacial score (nSPS) is 23.3. The third kappa shape index (κ3) is 5.40. The highest BCUT2D eigenvalue weighted by atomic mass is 32.2. The smallest absolute Gasteiger partial charge is 0.227 e. The van der Waals surface area contributed by atoms with Crippen LogP contribution in [-0.2, 0) is 19.6 Å². The summed E-state index contributed by atoms with van der Waals surface area (Å²) >= 11 is 0. The lowest BCUT2D eigenvalue weighted by Gasteiger charge is -2.31. The Balaban J connectivity index is 1.51. The Hall–Kier alpha value is -1.93. The Morgan fingerprint density at radius 2 is 1.67 bits per heavy atom. The molecule has 2 fully saturated rings. The number of nitrogens with one attached hydrogen (secondary N) is 2. The molecule has 0 atom stereocenters. The molecule has 0 spiro atoms. The second-order valence-corrected chi connectivity index (χ2v) is 11.8. The van der Waals surface area contributed by atoms with Gasteiger partial charge < -0.3 is 10.2 Å². The lowest BCUT2D eigenvalue weighted by molar-refractivity contribution is -0.121. The van der Waals surface area contributed by atoms with E-state index in [-0.39, 0.29) is 23.8 Å². The summed E-state index contributed by atoms with van der Waals surface area (Å²) in [4.78, 5) is 26.5. The fourth-order valence-corrected chi connectivity index (χ4v) is 4.95. The van der Waals surface area contributed by atoms with Gasteiger partial charge in [-0.2, -0.15) is 0 Å². The zero-order valence-electron chi connectivity index (χ0n) is 18.1. The van der Waals surface area contributed by atoms with Crippen LogP contribution in [0.25, 0.3) is 0 Å². The van der Waals surface area contributed by atoms with Crippen molar-refractivity contribution in [2.24, 2.45) is 5.92 Å². The van der Waals surface area contributed by atoms with Gasteiger partial charge in [0.2, 0.25) is 21.8 Å². The second kappa shape index (κ2) is 9.06. The fourth-order valence-electron chi connectivity index (χ4n) is 3.92. The monoisotopic (exact) mass is 435 g/mol. The summed E-state index contributed by atoms with van der Waals surface area (Å²) < 4.78 is 26.6. The summed E-state index contributed by atoms with van der Waals surface area (Å²) in [5.41, 5.74) is 1.58. The first-order valence-electron chi connectivity index (χ1n) is 10.8. The lowest BCUT2D eigenvalue weighted by atomic mass is 9.86. The summed E-state index contributed by atoms with van der Waals surface area (Å²) in [5, 5.41) is 2.96. The molecule has 3 rings (SSSR count). The number of nitrogens with zero attached hydrogens (tertiary/aromatic N) is 1. The van der Waals surface area contributed by atoms with Crippen molar-refractivity contribution in [2.45, 2.75) is 76.5 Å². The zero-order chi connectivity index (χ0) is 21.9. The Morgan fingerprint density at radius 1 is 1.03 bits per heavy atom. The number of sulfonamides is 1. The average Bonchev–Trinajstić information content (AvgIpc) is 2.68. The van der Waals surface area contributed by atoms with E-state index in [1.54, 1.807) is 25.7 Å². The molecule has 0 radical (unpaired) electrons. The van der Waals surface area contributed by atoms with Crippen LogP contribution in [-0.4, -0.2) is 37.6 Å². The van der Waals surface area contributed by atoms with Gasteiger partial charge in [0.05, 0.1) is 4.75 Å². The van der Waals surface area contributed by atoms with Gasteiger partial charge in [-0.15, -0.1) is 0 Å². The largest absolute Gasteiger partial charge is 0.326 e. The van der Waals surface area contributed by atoms with Gasteiger partial charge in [0.15, 0.2) is 0 Å². The van der Waals surface area contributed by atoms with E-state index in [0.717, 1.165) is 25.1 Å². The standard InChI is InChI=1S/C22H33N3O4S/c1-22(2,3)30(28,29)24-18-9-7-16(8-10-18)21(27)23-17-11-13-19(14-12-17)25-15-5-4-6-20(25)26/h11-14,16,18,24H,4-10,15H2,1-3H3,(H,23,27). The summed E-state index contributed by atoms with van der Waals surface area (Å²) in [7, 11) is -3.38. The van der Waals surface area contributed by atoms with E-state index < -0.39 is 14.8 Å². The number of benzene rings is 1. The highest BCUT2D eigenvalue weighted by Crippen LogP contribution is 2.28. The predicted molar refractivity (Wildman–Crippen MR) is 119 cm³/mol. The van der Waals surface area contributed by atoms with Gasteiger partial charge in [-0.3, -0.25) is 9.59 Å². The number of hydrogen-bond acceptors (Lipinski definition) is 4. The maximum Gasteiger partial charge on any atom is 0.227 e. The van der Waals surface area contributed by atoms with Crippen LogP contribution in [0.4, 0.5) is 11.4 Å². The third-order valence-corrected chi connectivity index (χ3v) is 8.25. The van der Waals surface area contributed by atoms with E-state index in [0.29, 0.717) is 37.8 Å². The van der Waals surface area contributed by atoms with Gasteiger partial charge in [-0.05, 0) is 83.6 Å². The third-order valence-electron chi connectivity index (χ3n) is 6.00. The Kier molecular flexibility index (Phi) is 6.87. The SMILES string of the molecule is CC(C)(C)S(=O)(=O)NC1CCC(C(=O)Nc2ccc(N3CCCCC3=O)cc2)CC1. The molecule has 2 N–H and O–H groups in total. The fraction of sp³-hybridized carbons (Fsp3) is 0.636. The first kappa shape index (κ1) is 22.7. The molecule has 1 aromatic rings. The van der Waals surface area contributed by atoms with Gasteiger partial charge in [0.25, 0.3) is 0 Å². The second-order valence-electron chi connectivity index (χ2n) is 9.32. The van der Waals surface area contributed by atoms with Crippen molar-refractivity contribution in [3.8, 4) is 0 Å². The Labute approximate surface area is 179 Å². The van der Waals surface area contributed by atoms with Crippen LogP contribution in [0.3, 0.4) is 0 Å². The van der Waals surface area contributed by atoms with Crippen LogP contribution in [0.15, 0.2) is 24.3 Å². The molecule has 8 heteroatoms. The van der Waals surface area contributed by atoms with Crippen molar-refractivity contribution >= 4 is 33.2 Å². The Bertz CT molecular complexity index is 867. The first-order valence-corrected chi connectivity index (χ1v) is 12.3. The van der Waals surface area contributed by atoms with Crippen LogP contribution < -0.4 is 14.9 Å². The number of carbonyl (C=O) groups is 2. The molecule has 2 amide bonds. The molecule has 166 valence electrons. The number of anilines is 2. The summed E-state index contributed by atoms with van der Waals surface area (Å²) in [6.45, 7) is 5.79. The van der Waals surface area contributed by atoms with Gasteiger partial charge in [-0.1, -0.05) is 0 Å². The van der Waals surface area contributed by atoms with Crippen molar-refractivity contribution in [1.29, 1.82) is 0 Å². The summed E-state index contributed by atoms with van der Waals surface area (Å²) in [6, 6.07) is 7.30. The minimum absolute atomic E-state index is 0.0334. The van der Waals surface area contributed by atoms with E-state index in [9.17, 15) is 18.0 Å². The minimum atomic E-state index is -3.38. The van der Waals surface area contributed by atoms with Crippen molar-refractivity contribution < 1.29 is 18.0 Å².